The summed E-state index contributed by atoms with van der Waals surface area (Å²) in [6.45, 7) is 3.26. The van der Waals surface area contributed by atoms with Crippen molar-refractivity contribution in [3.8, 4) is 17.0 Å². The number of benzene rings is 2. The van der Waals surface area contributed by atoms with Crippen LogP contribution in [0, 0.1) is 6.92 Å². The summed E-state index contributed by atoms with van der Waals surface area (Å²) in [5.41, 5.74) is 3.44. The van der Waals surface area contributed by atoms with Gasteiger partial charge in [-0.3, -0.25) is 14.9 Å². The van der Waals surface area contributed by atoms with E-state index in [9.17, 15) is 9.59 Å². The Morgan fingerprint density at radius 3 is 2.60 bits per heavy atom. The molecule has 4 rings (SSSR count). The maximum Gasteiger partial charge on any atom is 0.264 e. The predicted octanol–water partition coefficient (Wildman–Crippen LogP) is 3.74. The lowest BCUT2D eigenvalue weighted by Crippen LogP contribution is -2.21. The van der Waals surface area contributed by atoms with Crippen molar-refractivity contribution in [2.75, 3.05) is 17.2 Å². The summed E-state index contributed by atoms with van der Waals surface area (Å²) in [7, 11) is 0. The van der Waals surface area contributed by atoms with Crippen LogP contribution in [0.25, 0.3) is 16.2 Å². The third-order valence-corrected chi connectivity index (χ3v) is 5.10. The van der Waals surface area contributed by atoms with E-state index in [2.05, 4.69) is 20.7 Å². The Morgan fingerprint density at radius 1 is 1.10 bits per heavy atom. The molecule has 4 aromatic rings. The number of nitrogens with zero attached hydrogens (tertiary/aromatic N) is 3. The van der Waals surface area contributed by atoms with Crippen LogP contribution >= 0.6 is 11.3 Å². The van der Waals surface area contributed by atoms with Crippen LogP contribution in [0.5, 0.6) is 5.75 Å². The van der Waals surface area contributed by atoms with Gasteiger partial charge in [0.15, 0.2) is 6.61 Å². The van der Waals surface area contributed by atoms with Gasteiger partial charge in [-0.1, -0.05) is 30.3 Å². The van der Waals surface area contributed by atoms with Crippen LogP contribution in [0.1, 0.15) is 12.5 Å². The highest BCUT2D eigenvalue weighted by Gasteiger charge is 2.14. The predicted molar refractivity (Wildman–Crippen MR) is 116 cm³/mol. The zero-order valence-corrected chi connectivity index (χ0v) is 17.2. The van der Waals surface area contributed by atoms with Crippen LogP contribution in [-0.2, 0) is 9.59 Å². The highest BCUT2D eigenvalue weighted by molar-refractivity contribution is 7.15. The summed E-state index contributed by atoms with van der Waals surface area (Å²) < 4.78 is 7.23. The monoisotopic (exact) mass is 421 g/mol. The molecular formula is C21H19N5O3S. The average molecular weight is 421 g/mol. The fourth-order valence-corrected chi connectivity index (χ4v) is 3.71. The first kappa shape index (κ1) is 19.6. The van der Waals surface area contributed by atoms with Gasteiger partial charge in [-0.2, -0.15) is 4.98 Å². The molecule has 152 valence electrons. The number of hydrogen-bond acceptors (Lipinski definition) is 6. The van der Waals surface area contributed by atoms with Crippen LogP contribution in [0.2, 0.25) is 0 Å². The Balaban J connectivity index is 1.45. The molecule has 9 heteroatoms. The molecule has 0 unspecified atom stereocenters. The fraction of sp³-hybridized carbons (Fsp3) is 0.143. The topological polar surface area (TPSA) is 97.6 Å². The summed E-state index contributed by atoms with van der Waals surface area (Å²) in [6.07, 6.45) is 0. The summed E-state index contributed by atoms with van der Waals surface area (Å²) in [5, 5.41) is 11.7. The van der Waals surface area contributed by atoms with Crippen molar-refractivity contribution in [3.05, 3.63) is 59.5 Å². The van der Waals surface area contributed by atoms with Crippen molar-refractivity contribution in [1.29, 1.82) is 0 Å². The van der Waals surface area contributed by atoms with Crippen molar-refractivity contribution in [2.24, 2.45) is 0 Å². The number of ether oxygens (including phenoxy) is 1. The number of carbonyl (C=O) groups excluding carboxylic acids is 2. The number of fused-ring (bicyclic) bond motifs is 1. The molecular weight excluding hydrogens is 402 g/mol. The molecule has 0 aliphatic carbocycles. The van der Waals surface area contributed by atoms with Crippen LogP contribution in [0.4, 0.5) is 11.6 Å². The number of anilines is 2. The van der Waals surface area contributed by atoms with Crippen LogP contribution < -0.4 is 15.4 Å². The van der Waals surface area contributed by atoms with Crippen molar-refractivity contribution < 1.29 is 14.3 Å². The lowest BCUT2D eigenvalue weighted by atomic mass is 10.1. The van der Waals surface area contributed by atoms with Crippen molar-refractivity contribution in [2.45, 2.75) is 13.8 Å². The van der Waals surface area contributed by atoms with Crippen LogP contribution in [-0.4, -0.2) is 33.0 Å². The number of aryl methyl sites for hydroxylation is 1. The van der Waals surface area contributed by atoms with Gasteiger partial charge in [-0.05, 0) is 30.7 Å². The van der Waals surface area contributed by atoms with Crippen LogP contribution in [0.3, 0.4) is 0 Å². The summed E-state index contributed by atoms with van der Waals surface area (Å²) in [5.74, 6) is 0.425. The zero-order chi connectivity index (χ0) is 21.1. The molecule has 0 spiro atoms. The summed E-state index contributed by atoms with van der Waals surface area (Å²) in [6, 6.07) is 14.9. The number of aromatic nitrogens is 3. The standard InChI is InChI=1S/C21H19N5O3S/c1-13-5-3-4-6-18(13)29-11-19(28)23-20-24-21-26(25-20)17(12-30-21)15-7-9-16(10-8-15)22-14(2)27/h3-10,12H,11H2,1-2H3,(H,22,27)(H,23,25,28). The quantitative estimate of drug-likeness (QED) is 0.494. The van der Waals surface area contributed by atoms with E-state index in [1.807, 2.05) is 60.8 Å². The van der Waals surface area contributed by atoms with E-state index in [0.717, 1.165) is 22.5 Å². The lowest BCUT2D eigenvalue weighted by molar-refractivity contribution is -0.118. The molecule has 0 bridgehead atoms. The number of carbonyl (C=O) groups is 2. The molecule has 8 nitrogen and oxygen atoms in total. The number of nitrogens with one attached hydrogen (secondary N) is 2. The second-order valence-electron chi connectivity index (χ2n) is 6.61. The highest BCUT2D eigenvalue weighted by Crippen LogP contribution is 2.27. The normalized spacial score (nSPS) is 10.7. The average Bonchev–Trinajstić information content (AvgIpc) is 3.28. The van der Waals surface area contributed by atoms with Gasteiger partial charge in [-0.15, -0.1) is 16.4 Å². The van der Waals surface area contributed by atoms with E-state index in [-0.39, 0.29) is 24.4 Å². The van der Waals surface area contributed by atoms with Gasteiger partial charge in [0.2, 0.25) is 10.9 Å². The minimum absolute atomic E-state index is 0.122. The summed E-state index contributed by atoms with van der Waals surface area (Å²) in [4.78, 5) is 28.4. The Kier molecular flexibility index (Phi) is 5.44. The van der Waals surface area contributed by atoms with Gasteiger partial charge in [0.05, 0.1) is 5.69 Å². The molecule has 0 radical (unpaired) electrons. The maximum atomic E-state index is 12.2. The zero-order valence-electron chi connectivity index (χ0n) is 16.4. The largest absolute Gasteiger partial charge is 0.483 e. The molecule has 0 aliphatic heterocycles. The first-order valence-electron chi connectivity index (χ1n) is 9.20. The molecule has 30 heavy (non-hydrogen) atoms. The van der Waals surface area contributed by atoms with Gasteiger partial charge in [0.1, 0.15) is 5.75 Å². The smallest absolute Gasteiger partial charge is 0.264 e. The number of rotatable bonds is 6. The van der Waals surface area contributed by atoms with E-state index in [0.29, 0.717) is 10.7 Å². The molecule has 0 fully saturated rings. The van der Waals surface area contributed by atoms with E-state index < -0.39 is 0 Å². The number of thiazole rings is 1. The molecule has 2 aromatic carbocycles. The third kappa shape index (κ3) is 4.31. The van der Waals surface area contributed by atoms with Gasteiger partial charge in [-0.25, -0.2) is 4.52 Å². The van der Waals surface area contributed by atoms with E-state index in [1.54, 1.807) is 4.52 Å². The Bertz CT molecular complexity index is 1210. The van der Waals surface area contributed by atoms with Gasteiger partial charge in [0.25, 0.3) is 11.9 Å². The van der Waals surface area contributed by atoms with Gasteiger partial charge in [0, 0.05) is 23.6 Å². The van der Waals surface area contributed by atoms with E-state index in [4.69, 9.17) is 4.74 Å². The minimum Gasteiger partial charge on any atom is -0.483 e. The second kappa shape index (κ2) is 8.34. The number of amides is 2. The Morgan fingerprint density at radius 2 is 1.87 bits per heavy atom. The fourth-order valence-electron chi connectivity index (χ4n) is 2.88. The van der Waals surface area contributed by atoms with Gasteiger partial charge < -0.3 is 10.1 Å². The number of para-hydroxylation sites is 1. The van der Waals surface area contributed by atoms with Crippen molar-refractivity contribution in [3.63, 3.8) is 0 Å². The van der Waals surface area contributed by atoms with Gasteiger partial charge >= 0.3 is 0 Å². The first-order valence-corrected chi connectivity index (χ1v) is 10.1. The number of hydrogen-bond donors (Lipinski definition) is 2. The Labute approximate surface area is 176 Å². The maximum absolute atomic E-state index is 12.2. The molecule has 0 saturated heterocycles. The lowest BCUT2D eigenvalue weighted by Gasteiger charge is -2.07. The van der Waals surface area contributed by atoms with E-state index >= 15 is 0 Å². The summed E-state index contributed by atoms with van der Waals surface area (Å²) >= 11 is 1.42. The molecule has 2 heterocycles. The van der Waals surface area contributed by atoms with Crippen molar-refractivity contribution in [1.82, 2.24) is 14.6 Å². The molecule has 2 amide bonds. The molecule has 0 saturated carbocycles. The first-order chi connectivity index (χ1) is 14.5. The highest BCUT2D eigenvalue weighted by atomic mass is 32.1. The molecule has 0 aliphatic rings. The second-order valence-corrected chi connectivity index (χ2v) is 7.45. The molecule has 2 aromatic heterocycles. The minimum atomic E-state index is -0.335. The van der Waals surface area contributed by atoms with Crippen molar-refractivity contribution >= 4 is 39.7 Å². The van der Waals surface area contributed by atoms with Crippen LogP contribution in [0.15, 0.2) is 53.9 Å². The third-order valence-electron chi connectivity index (χ3n) is 4.29. The molecule has 0 atom stereocenters. The SMILES string of the molecule is CC(=O)Nc1ccc(-c2csc3nc(NC(=O)COc4ccccc4C)nn23)cc1. The Hall–Kier alpha value is -3.72. The molecule has 2 N–H and O–H groups in total. The van der Waals surface area contributed by atoms with E-state index in [1.165, 1.54) is 18.3 Å².